The van der Waals surface area contributed by atoms with Gasteiger partial charge in [-0.3, -0.25) is 9.59 Å². The minimum Gasteiger partial charge on any atom is -0.478 e. The second-order valence-corrected chi connectivity index (χ2v) is 10.7. The van der Waals surface area contributed by atoms with Crippen molar-refractivity contribution in [2.45, 2.75) is 53.4 Å². The van der Waals surface area contributed by atoms with E-state index in [4.69, 9.17) is 15.3 Å². The number of carbonyl (C=O) groups is 6. The largest absolute Gasteiger partial charge is 0.478 e. The Morgan fingerprint density at radius 3 is 1.02 bits per heavy atom. The lowest BCUT2D eigenvalue weighted by Crippen LogP contribution is -2.32. The molecule has 0 atom stereocenters. The fourth-order valence-corrected chi connectivity index (χ4v) is 4.54. The maximum atomic E-state index is 12.2. The molecule has 0 aliphatic heterocycles. The average Bonchev–Trinajstić information content (AvgIpc) is 3.11. The minimum atomic E-state index is -1.06. The van der Waals surface area contributed by atoms with Crippen molar-refractivity contribution in [3.05, 3.63) is 106 Å². The summed E-state index contributed by atoms with van der Waals surface area (Å²) in [6, 6.07) is 18.1. The van der Waals surface area contributed by atoms with E-state index in [0.29, 0.717) is 37.3 Å². The molecule has 0 heterocycles. The Balaban J connectivity index is 0.000000373. The van der Waals surface area contributed by atoms with E-state index in [2.05, 4.69) is 4.74 Å². The van der Waals surface area contributed by atoms with E-state index >= 15 is 0 Å². The Morgan fingerprint density at radius 2 is 0.755 bits per heavy atom. The number of ether oxygens (including phenoxy) is 1. The Morgan fingerprint density at radius 1 is 0.490 bits per heavy atom. The molecule has 12 heteroatoms. The highest BCUT2D eigenvalue weighted by molar-refractivity contribution is 5.98. The van der Waals surface area contributed by atoms with Gasteiger partial charge in [-0.25, -0.2) is 19.2 Å². The number of amides is 2. The van der Waals surface area contributed by atoms with Crippen molar-refractivity contribution in [3.63, 3.8) is 0 Å². The maximum Gasteiger partial charge on any atom is 0.337 e. The molecule has 12 nitrogen and oxygen atoms in total. The van der Waals surface area contributed by atoms with Crippen molar-refractivity contribution in [2.75, 3.05) is 33.3 Å². The monoisotopic (exact) mass is 678 g/mol. The summed E-state index contributed by atoms with van der Waals surface area (Å²) in [4.78, 5) is 71.2. The van der Waals surface area contributed by atoms with Crippen LogP contribution in [0.5, 0.6) is 0 Å². The molecule has 0 saturated heterocycles. The molecule has 0 aliphatic rings. The number of carboxylic acid groups (broad SMARTS) is 3. The summed E-state index contributed by atoms with van der Waals surface area (Å²) in [7, 11) is 1.25. The maximum absolute atomic E-state index is 12.2. The molecule has 0 fully saturated rings. The van der Waals surface area contributed by atoms with Gasteiger partial charge in [0, 0.05) is 37.3 Å². The summed E-state index contributed by atoms with van der Waals surface area (Å²) in [6.07, 6.45) is 3.57. The Labute approximate surface area is 286 Å². The molecule has 3 N–H and O–H groups in total. The number of rotatable bonds is 14. The van der Waals surface area contributed by atoms with Crippen LogP contribution < -0.4 is 0 Å². The molecular formula is C37H46N2O10. The second-order valence-electron chi connectivity index (χ2n) is 10.7. The van der Waals surface area contributed by atoms with Crippen LogP contribution >= 0.6 is 0 Å². The van der Waals surface area contributed by atoms with Crippen LogP contribution in [0.15, 0.2) is 72.8 Å². The molecule has 0 unspecified atom stereocenters. The van der Waals surface area contributed by atoms with Crippen LogP contribution in [0.4, 0.5) is 0 Å². The lowest BCUT2D eigenvalue weighted by atomic mass is 10.1. The molecule has 2 amide bonds. The first-order valence-corrected chi connectivity index (χ1v) is 16.0. The fourth-order valence-electron chi connectivity index (χ4n) is 4.54. The number of benzene rings is 3. The molecule has 0 bridgehead atoms. The van der Waals surface area contributed by atoms with Gasteiger partial charge in [0.25, 0.3) is 11.8 Å². The highest BCUT2D eigenvalue weighted by atomic mass is 16.5. The van der Waals surface area contributed by atoms with Gasteiger partial charge < -0.3 is 29.9 Å². The van der Waals surface area contributed by atoms with Crippen molar-refractivity contribution < 1.29 is 48.8 Å². The third-order valence-corrected chi connectivity index (χ3v) is 6.79. The highest BCUT2D eigenvalue weighted by Crippen LogP contribution is 2.11. The number of esters is 1. The molecule has 3 aromatic rings. The summed E-state index contributed by atoms with van der Waals surface area (Å²) in [5, 5.41) is 26.4. The first-order valence-electron chi connectivity index (χ1n) is 16.0. The molecule has 3 rings (SSSR count). The van der Waals surface area contributed by atoms with Crippen LogP contribution in [0, 0.1) is 0 Å². The number of hydrogen-bond donors (Lipinski definition) is 3. The van der Waals surface area contributed by atoms with E-state index in [0.717, 1.165) is 25.7 Å². The third kappa shape index (κ3) is 14.0. The van der Waals surface area contributed by atoms with E-state index in [1.54, 1.807) is 34.1 Å². The Hall–Kier alpha value is -5.52. The van der Waals surface area contributed by atoms with Crippen molar-refractivity contribution >= 4 is 35.7 Å². The number of nitrogens with zero attached hydrogens (tertiary/aromatic N) is 2. The van der Waals surface area contributed by atoms with Crippen LogP contribution in [0.3, 0.4) is 0 Å². The zero-order valence-electron chi connectivity index (χ0n) is 28.7. The van der Waals surface area contributed by atoms with Crippen molar-refractivity contribution in [3.8, 4) is 0 Å². The second kappa shape index (κ2) is 22.1. The summed E-state index contributed by atoms with van der Waals surface area (Å²) >= 11 is 0. The van der Waals surface area contributed by atoms with Crippen LogP contribution in [0.2, 0.25) is 0 Å². The van der Waals surface area contributed by atoms with Crippen LogP contribution in [0.25, 0.3) is 0 Å². The topological polar surface area (TPSA) is 179 Å². The molecule has 0 aliphatic carbocycles. The molecule has 49 heavy (non-hydrogen) atoms. The SMILES string of the molecule is CCCN(CCC)C(=O)c1cccc(C(=O)O)c1.CCCN(CCC)C(=O)c1cccc(C(=O)O)c1.COC(=O)c1cccc(C(=O)O)c1. The Bertz CT molecular complexity index is 1480. The molecule has 0 saturated carbocycles. The van der Waals surface area contributed by atoms with Crippen molar-refractivity contribution in [1.29, 1.82) is 0 Å². The molecular weight excluding hydrogens is 632 g/mol. The smallest absolute Gasteiger partial charge is 0.337 e. The van der Waals surface area contributed by atoms with Gasteiger partial charge in [0.2, 0.25) is 0 Å². The van der Waals surface area contributed by atoms with E-state index in [1.807, 2.05) is 27.7 Å². The molecule has 0 spiro atoms. The van der Waals surface area contributed by atoms with E-state index in [9.17, 15) is 28.8 Å². The van der Waals surface area contributed by atoms with Crippen LogP contribution in [-0.2, 0) is 4.74 Å². The van der Waals surface area contributed by atoms with Gasteiger partial charge >= 0.3 is 23.9 Å². The van der Waals surface area contributed by atoms with Gasteiger partial charge in [-0.1, -0.05) is 45.9 Å². The molecule has 3 aromatic carbocycles. The van der Waals surface area contributed by atoms with Gasteiger partial charge in [0.15, 0.2) is 0 Å². The summed E-state index contributed by atoms with van der Waals surface area (Å²) in [6.45, 7) is 10.9. The Kier molecular flexibility index (Phi) is 18.7. The van der Waals surface area contributed by atoms with Gasteiger partial charge in [-0.05, 0) is 80.3 Å². The lowest BCUT2D eigenvalue weighted by molar-refractivity contribution is 0.0598. The molecule has 0 radical (unpaired) electrons. The predicted molar refractivity (Wildman–Crippen MR) is 185 cm³/mol. The quantitative estimate of drug-likeness (QED) is 0.160. The molecule has 264 valence electrons. The van der Waals surface area contributed by atoms with Gasteiger partial charge in [-0.2, -0.15) is 0 Å². The summed E-state index contributed by atoms with van der Waals surface area (Å²) < 4.78 is 4.44. The van der Waals surface area contributed by atoms with E-state index in [1.165, 1.54) is 55.6 Å². The lowest BCUT2D eigenvalue weighted by Gasteiger charge is -2.21. The predicted octanol–water partition coefficient (Wildman–Crippen LogP) is 6.47. The normalized spacial score (nSPS) is 9.90. The first kappa shape index (κ1) is 41.5. The third-order valence-electron chi connectivity index (χ3n) is 6.79. The van der Waals surface area contributed by atoms with Crippen molar-refractivity contribution in [2.24, 2.45) is 0 Å². The summed E-state index contributed by atoms with van der Waals surface area (Å²) in [5.41, 5.74) is 1.49. The number of carboxylic acids is 3. The standard InChI is InChI=1S/2C14H19NO3.C9H8O4/c2*1-3-8-15(9-4-2)13(16)11-6-5-7-12(10-11)14(17)18;1-13-9(12)7-4-2-3-6(5-7)8(10)11/h2*5-7,10H,3-4,8-9H2,1-2H3,(H,17,18);2-5H,1H3,(H,10,11). The van der Waals surface area contributed by atoms with Gasteiger partial charge in [-0.15, -0.1) is 0 Å². The average molecular weight is 679 g/mol. The summed E-state index contributed by atoms with van der Waals surface area (Å²) in [5.74, 6) is -3.82. The first-order chi connectivity index (χ1) is 23.3. The highest BCUT2D eigenvalue weighted by Gasteiger charge is 2.17. The zero-order chi connectivity index (χ0) is 36.9. The number of aromatic carboxylic acids is 3. The van der Waals surface area contributed by atoms with Gasteiger partial charge in [0.1, 0.15) is 0 Å². The number of hydrogen-bond acceptors (Lipinski definition) is 7. The fraction of sp³-hybridized carbons (Fsp3) is 0.351. The van der Waals surface area contributed by atoms with E-state index in [-0.39, 0.29) is 34.1 Å². The van der Waals surface area contributed by atoms with Gasteiger partial charge in [0.05, 0.1) is 29.4 Å². The molecule has 0 aromatic heterocycles. The van der Waals surface area contributed by atoms with Crippen molar-refractivity contribution in [1.82, 2.24) is 9.80 Å². The number of methoxy groups -OCH3 is 1. The van der Waals surface area contributed by atoms with Crippen LogP contribution in [0.1, 0.15) is 116 Å². The van der Waals surface area contributed by atoms with E-state index < -0.39 is 23.9 Å². The zero-order valence-corrected chi connectivity index (χ0v) is 28.7. The van der Waals surface area contributed by atoms with Crippen LogP contribution in [-0.4, -0.2) is 94.1 Å². The number of carbonyl (C=O) groups excluding carboxylic acids is 3. The minimum absolute atomic E-state index is 0.0721.